The van der Waals surface area contributed by atoms with Gasteiger partial charge in [-0.25, -0.2) is 0 Å². The summed E-state index contributed by atoms with van der Waals surface area (Å²) in [6, 6.07) is 13.4. The van der Waals surface area contributed by atoms with Gasteiger partial charge in [0.25, 0.3) is 10.1 Å². The first-order valence-electron chi connectivity index (χ1n) is 5.23. The molecule has 0 saturated heterocycles. The zero-order valence-electron chi connectivity index (χ0n) is 9.70. The Morgan fingerprint density at radius 3 is 2.17 bits per heavy atom. The lowest BCUT2D eigenvalue weighted by Gasteiger charge is -2.08. The van der Waals surface area contributed by atoms with Gasteiger partial charge in [0.2, 0.25) is 0 Å². The molecule has 0 aliphatic rings. The summed E-state index contributed by atoms with van der Waals surface area (Å²) in [5.41, 5.74) is 1.68. The van der Waals surface area contributed by atoms with Crippen LogP contribution in [0.2, 0.25) is 0 Å². The molecule has 1 N–H and O–H groups in total. The van der Waals surface area contributed by atoms with Gasteiger partial charge in [0.05, 0.1) is 12.0 Å². The van der Waals surface area contributed by atoms with Crippen molar-refractivity contribution in [1.29, 1.82) is 0 Å². The molecule has 0 aromatic heterocycles. The quantitative estimate of drug-likeness (QED) is 0.865. The van der Waals surface area contributed by atoms with Crippen molar-refractivity contribution in [2.45, 2.75) is 4.90 Å². The summed E-state index contributed by atoms with van der Waals surface area (Å²) in [5.74, 6) is 0.706. The number of ether oxygens (including phenoxy) is 1. The smallest absolute Gasteiger partial charge is 0.294 e. The van der Waals surface area contributed by atoms with Crippen LogP contribution in [-0.2, 0) is 10.1 Å². The molecular weight excluding hydrogens is 252 g/mol. The van der Waals surface area contributed by atoms with E-state index in [9.17, 15) is 8.42 Å². The first-order valence-corrected chi connectivity index (χ1v) is 6.67. The van der Waals surface area contributed by atoms with E-state index in [1.165, 1.54) is 12.1 Å². The normalized spacial score (nSPS) is 11.2. The fraction of sp³-hybridized carbons (Fsp3) is 0.0769. The maximum atomic E-state index is 10.9. The van der Waals surface area contributed by atoms with Gasteiger partial charge in [0.1, 0.15) is 5.75 Å². The van der Waals surface area contributed by atoms with Gasteiger partial charge in [-0.2, -0.15) is 8.42 Å². The lowest BCUT2D eigenvalue weighted by molar-refractivity contribution is 0.416. The molecule has 0 radical (unpaired) electrons. The summed E-state index contributed by atoms with van der Waals surface area (Å²) in [6.45, 7) is 0. The lowest BCUT2D eigenvalue weighted by atomic mass is 10.1. The third-order valence-electron chi connectivity index (χ3n) is 2.57. The molecule has 0 aliphatic heterocycles. The van der Waals surface area contributed by atoms with E-state index in [0.717, 1.165) is 11.1 Å². The van der Waals surface area contributed by atoms with Gasteiger partial charge in [-0.3, -0.25) is 4.55 Å². The molecule has 0 atom stereocenters. The van der Waals surface area contributed by atoms with Crippen molar-refractivity contribution in [3.8, 4) is 16.9 Å². The van der Waals surface area contributed by atoms with Crippen LogP contribution in [0.1, 0.15) is 0 Å². The third kappa shape index (κ3) is 2.52. The SMILES string of the molecule is COc1ccccc1-c1ccc(S(=O)(=O)O)cc1. The molecule has 2 rings (SSSR count). The van der Waals surface area contributed by atoms with Gasteiger partial charge in [-0.15, -0.1) is 0 Å². The van der Waals surface area contributed by atoms with Crippen LogP contribution in [0.25, 0.3) is 11.1 Å². The summed E-state index contributed by atoms with van der Waals surface area (Å²) >= 11 is 0. The zero-order valence-corrected chi connectivity index (χ0v) is 10.5. The Hall–Kier alpha value is -1.85. The van der Waals surface area contributed by atoms with Gasteiger partial charge in [0, 0.05) is 5.56 Å². The minimum Gasteiger partial charge on any atom is -0.496 e. The number of hydrogen-bond donors (Lipinski definition) is 1. The average molecular weight is 264 g/mol. The second kappa shape index (κ2) is 4.80. The highest BCUT2D eigenvalue weighted by Crippen LogP contribution is 2.29. The van der Waals surface area contributed by atoms with Gasteiger partial charge in [-0.1, -0.05) is 30.3 Å². The monoisotopic (exact) mass is 264 g/mol. The van der Waals surface area contributed by atoms with E-state index in [1.54, 1.807) is 19.2 Å². The Bertz CT molecular complexity index is 645. The molecule has 0 aliphatic carbocycles. The molecule has 0 fully saturated rings. The number of methoxy groups -OCH3 is 1. The van der Waals surface area contributed by atoms with E-state index in [-0.39, 0.29) is 4.90 Å². The molecule has 2 aromatic rings. The molecule has 0 unspecified atom stereocenters. The molecule has 0 heterocycles. The Morgan fingerprint density at radius 1 is 1.00 bits per heavy atom. The topological polar surface area (TPSA) is 63.6 Å². The van der Waals surface area contributed by atoms with Gasteiger partial charge < -0.3 is 4.74 Å². The van der Waals surface area contributed by atoms with E-state index in [1.807, 2.05) is 24.3 Å². The van der Waals surface area contributed by atoms with E-state index in [4.69, 9.17) is 9.29 Å². The van der Waals surface area contributed by atoms with Crippen LogP contribution in [0.3, 0.4) is 0 Å². The first kappa shape index (κ1) is 12.6. The predicted molar refractivity (Wildman–Crippen MR) is 68.2 cm³/mol. The van der Waals surface area contributed by atoms with Crippen molar-refractivity contribution in [1.82, 2.24) is 0 Å². The second-order valence-corrected chi connectivity index (χ2v) is 5.12. The van der Waals surface area contributed by atoms with E-state index >= 15 is 0 Å². The molecule has 5 heteroatoms. The molecular formula is C13H12O4S. The van der Waals surface area contributed by atoms with Crippen LogP contribution in [-0.4, -0.2) is 20.1 Å². The maximum absolute atomic E-state index is 10.9. The molecule has 0 saturated carbocycles. The molecule has 2 aromatic carbocycles. The van der Waals surface area contributed by atoms with E-state index in [2.05, 4.69) is 0 Å². The highest BCUT2D eigenvalue weighted by Gasteiger charge is 2.10. The standard InChI is InChI=1S/C13H12O4S/c1-17-13-5-3-2-4-12(13)10-6-8-11(9-7-10)18(14,15)16/h2-9H,1H3,(H,14,15,16). The molecule has 0 bridgehead atoms. The molecule has 0 amide bonds. The van der Waals surface area contributed by atoms with Gasteiger partial charge in [-0.05, 0) is 23.8 Å². The minimum absolute atomic E-state index is 0.124. The summed E-state index contributed by atoms with van der Waals surface area (Å²) < 4.78 is 36.0. The van der Waals surface area contributed by atoms with E-state index < -0.39 is 10.1 Å². The Morgan fingerprint density at radius 2 is 1.61 bits per heavy atom. The highest BCUT2D eigenvalue weighted by atomic mass is 32.2. The van der Waals surface area contributed by atoms with Crippen molar-refractivity contribution in [3.05, 3.63) is 48.5 Å². The number of para-hydroxylation sites is 1. The van der Waals surface area contributed by atoms with E-state index in [0.29, 0.717) is 5.75 Å². The Kier molecular flexibility index (Phi) is 3.36. The van der Waals surface area contributed by atoms with Crippen molar-refractivity contribution in [2.24, 2.45) is 0 Å². The molecule has 0 spiro atoms. The first-order chi connectivity index (χ1) is 8.52. The molecule has 4 nitrogen and oxygen atoms in total. The second-order valence-electron chi connectivity index (χ2n) is 3.70. The van der Waals surface area contributed by atoms with Crippen LogP contribution in [0.5, 0.6) is 5.75 Å². The third-order valence-corrected chi connectivity index (χ3v) is 3.44. The Labute approximate surface area is 106 Å². The average Bonchev–Trinajstić information content (AvgIpc) is 2.38. The van der Waals surface area contributed by atoms with Gasteiger partial charge >= 0.3 is 0 Å². The van der Waals surface area contributed by atoms with Crippen molar-refractivity contribution in [2.75, 3.05) is 7.11 Å². The fourth-order valence-corrected chi connectivity index (χ4v) is 2.17. The van der Waals surface area contributed by atoms with Crippen molar-refractivity contribution < 1.29 is 17.7 Å². The minimum atomic E-state index is -4.15. The summed E-state index contributed by atoms with van der Waals surface area (Å²) in [5, 5.41) is 0. The summed E-state index contributed by atoms with van der Waals surface area (Å²) in [4.78, 5) is -0.124. The van der Waals surface area contributed by atoms with Gasteiger partial charge in [0.15, 0.2) is 0 Å². The number of hydrogen-bond acceptors (Lipinski definition) is 3. The fourth-order valence-electron chi connectivity index (χ4n) is 1.69. The van der Waals surface area contributed by atoms with Crippen molar-refractivity contribution >= 4 is 10.1 Å². The Balaban J connectivity index is 2.47. The number of rotatable bonds is 3. The predicted octanol–water partition coefficient (Wildman–Crippen LogP) is 2.61. The van der Waals surface area contributed by atoms with Crippen LogP contribution < -0.4 is 4.74 Å². The highest BCUT2D eigenvalue weighted by molar-refractivity contribution is 7.85. The molecule has 18 heavy (non-hydrogen) atoms. The maximum Gasteiger partial charge on any atom is 0.294 e. The summed E-state index contributed by atoms with van der Waals surface area (Å²) in [6.07, 6.45) is 0. The van der Waals surface area contributed by atoms with Crippen LogP contribution in [0, 0.1) is 0 Å². The molecule has 94 valence electrons. The lowest BCUT2D eigenvalue weighted by Crippen LogP contribution is -1.97. The van der Waals surface area contributed by atoms with Crippen LogP contribution in [0.15, 0.2) is 53.4 Å². The number of benzene rings is 2. The van der Waals surface area contributed by atoms with Crippen molar-refractivity contribution in [3.63, 3.8) is 0 Å². The summed E-state index contributed by atoms with van der Waals surface area (Å²) in [7, 11) is -2.57. The zero-order chi connectivity index (χ0) is 13.2. The van der Waals surface area contributed by atoms with Crippen LogP contribution in [0.4, 0.5) is 0 Å². The van der Waals surface area contributed by atoms with Crippen LogP contribution >= 0.6 is 0 Å². The largest absolute Gasteiger partial charge is 0.496 e.